The largest absolute Gasteiger partial charge is 0.478 e. The van der Waals surface area contributed by atoms with Gasteiger partial charge in [0.15, 0.2) is 0 Å². The molecule has 3 rings (SSSR count). The van der Waals surface area contributed by atoms with E-state index in [1.165, 1.54) is 24.3 Å². The fourth-order valence-electron chi connectivity index (χ4n) is 3.27. The second kappa shape index (κ2) is 7.37. The maximum atomic E-state index is 13.2. The average Bonchev–Trinajstić information content (AvgIpc) is 3.14. The Morgan fingerprint density at radius 1 is 1.00 bits per heavy atom. The van der Waals surface area contributed by atoms with Crippen LogP contribution in [-0.4, -0.2) is 29.8 Å². The lowest BCUT2D eigenvalue weighted by Gasteiger charge is -2.28. The van der Waals surface area contributed by atoms with Crippen molar-refractivity contribution >= 4 is 16.0 Å². The number of aromatic carboxylic acids is 1. The van der Waals surface area contributed by atoms with E-state index in [0.29, 0.717) is 6.54 Å². The van der Waals surface area contributed by atoms with Crippen LogP contribution in [0.25, 0.3) is 0 Å². The normalized spacial score (nSPS) is 15.6. The molecule has 25 heavy (non-hydrogen) atoms. The minimum Gasteiger partial charge on any atom is -0.478 e. The van der Waals surface area contributed by atoms with Gasteiger partial charge in [-0.3, -0.25) is 0 Å². The lowest BCUT2D eigenvalue weighted by molar-refractivity contribution is 0.0696. The maximum Gasteiger partial charge on any atom is 0.335 e. The summed E-state index contributed by atoms with van der Waals surface area (Å²) in [4.78, 5) is 11.1. The molecule has 0 atom stereocenters. The smallest absolute Gasteiger partial charge is 0.335 e. The zero-order chi connectivity index (χ0) is 17.9. The molecule has 0 heterocycles. The van der Waals surface area contributed by atoms with Gasteiger partial charge in [0, 0.05) is 12.6 Å². The molecule has 2 aromatic rings. The van der Waals surface area contributed by atoms with Crippen LogP contribution in [0.4, 0.5) is 0 Å². The number of carbonyl (C=O) groups is 1. The fraction of sp³-hybridized carbons (Fsp3) is 0.316. The lowest BCUT2D eigenvalue weighted by atomic mass is 10.2. The van der Waals surface area contributed by atoms with Crippen LogP contribution in [0.15, 0.2) is 59.5 Å². The maximum absolute atomic E-state index is 13.2. The predicted molar refractivity (Wildman–Crippen MR) is 94.8 cm³/mol. The Bertz CT molecular complexity index is 825. The molecule has 1 saturated carbocycles. The van der Waals surface area contributed by atoms with E-state index in [-0.39, 0.29) is 16.5 Å². The zero-order valence-electron chi connectivity index (χ0n) is 13.8. The van der Waals surface area contributed by atoms with Crippen LogP contribution in [0.2, 0.25) is 0 Å². The highest BCUT2D eigenvalue weighted by Gasteiger charge is 2.33. The van der Waals surface area contributed by atoms with E-state index < -0.39 is 16.0 Å². The van der Waals surface area contributed by atoms with E-state index in [4.69, 9.17) is 5.11 Å². The molecule has 0 aromatic heterocycles. The van der Waals surface area contributed by atoms with Crippen molar-refractivity contribution in [3.8, 4) is 0 Å². The SMILES string of the molecule is O=C(O)c1ccc(S(=O)(=O)N(Cc2ccccc2)C2CCCC2)cc1. The number of nitrogens with zero attached hydrogens (tertiary/aromatic N) is 1. The van der Waals surface area contributed by atoms with E-state index in [2.05, 4.69) is 0 Å². The Labute approximate surface area is 148 Å². The number of benzene rings is 2. The van der Waals surface area contributed by atoms with Crippen molar-refractivity contribution in [2.75, 3.05) is 0 Å². The predicted octanol–water partition coefficient (Wildman–Crippen LogP) is 3.52. The van der Waals surface area contributed by atoms with Crippen LogP contribution < -0.4 is 0 Å². The van der Waals surface area contributed by atoms with Crippen LogP contribution in [-0.2, 0) is 16.6 Å². The van der Waals surface area contributed by atoms with E-state index >= 15 is 0 Å². The molecule has 0 amide bonds. The van der Waals surface area contributed by atoms with Gasteiger partial charge in [0.2, 0.25) is 10.0 Å². The van der Waals surface area contributed by atoms with Crippen molar-refractivity contribution in [3.63, 3.8) is 0 Å². The molecule has 0 aliphatic heterocycles. The molecule has 132 valence electrons. The first-order chi connectivity index (χ1) is 12.0. The monoisotopic (exact) mass is 359 g/mol. The second-order valence-electron chi connectivity index (χ2n) is 6.30. The number of hydrogen-bond donors (Lipinski definition) is 1. The van der Waals surface area contributed by atoms with Gasteiger partial charge < -0.3 is 5.11 Å². The summed E-state index contributed by atoms with van der Waals surface area (Å²) in [5.74, 6) is -1.07. The van der Waals surface area contributed by atoms with E-state index in [1.807, 2.05) is 30.3 Å². The van der Waals surface area contributed by atoms with Gasteiger partial charge >= 0.3 is 5.97 Å². The van der Waals surface area contributed by atoms with Gasteiger partial charge in [-0.25, -0.2) is 13.2 Å². The van der Waals surface area contributed by atoms with Crippen LogP contribution in [0.1, 0.15) is 41.6 Å². The number of rotatable bonds is 6. The highest BCUT2D eigenvalue weighted by Crippen LogP contribution is 2.30. The molecule has 0 bridgehead atoms. The summed E-state index contributed by atoms with van der Waals surface area (Å²) >= 11 is 0. The van der Waals surface area contributed by atoms with E-state index in [9.17, 15) is 13.2 Å². The molecule has 5 nitrogen and oxygen atoms in total. The van der Waals surface area contributed by atoms with Crippen LogP contribution in [0.5, 0.6) is 0 Å². The highest BCUT2D eigenvalue weighted by atomic mass is 32.2. The third kappa shape index (κ3) is 3.91. The molecule has 0 unspecified atom stereocenters. The average molecular weight is 359 g/mol. The number of carboxylic acids is 1. The standard InChI is InChI=1S/C19H21NO4S/c21-19(22)16-10-12-18(13-11-16)25(23,24)20(17-8-4-5-9-17)14-15-6-2-1-3-7-15/h1-3,6-7,10-13,17H,4-5,8-9,14H2,(H,21,22). The van der Waals surface area contributed by atoms with Crippen molar-refractivity contribution < 1.29 is 18.3 Å². The zero-order valence-corrected chi connectivity index (χ0v) is 14.7. The molecule has 1 aliphatic rings. The van der Waals surface area contributed by atoms with Crippen molar-refractivity contribution in [3.05, 3.63) is 65.7 Å². The quantitative estimate of drug-likeness (QED) is 0.856. The fourth-order valence-corrected chi connectivity index (χ4v) is 4.94. The van der Waals surface area contributed by atoms with E-state index in [0.717, 1.165) is 31.2 Å². The molecular weight excluding hydrogens is 338 g/mol. The number of sulfonamides is 1. The first-order valence-electron chi connectivity index (χ1n) is 8.37. The minimum atomic E-state index is -3.68. The van der Waals surface area contributed by atoms with Crippen LogP contribution in [0.3, 0.4) is 0 Å². The first-order valence-corrected chi connectivity index (χ1v) is 9.81. The Kier molecular flexibility index (Phi) is 5.20. The molecular formula is C19H21NO4S. The summed E-state index contributed by atoms with van der Waals surface area (Å²) in [6.45, 7) is 0.328. The summed E-state index contributed by atoms with van der Waals surface area (Å²) in [6.07, 6.45) is 3.78. The number of carboxylic acid groups (broad SMARTS) is 1. The molecule has 1 N–H and O–H groups in total. The third-order valence-corrected chi connectivity index (χ3v) is 6.53. The van der Waals surface area contributed by atoms with Crippen molar-refractivity contribution in [1.82, 2.24) is 4.31 Å². The summed E-state index contributed by atoms with van der Waals surface area (Å²) in [7, 11) is -3.68. The Morgan fingerprint density at radius 2 is 1.60 bits per heavy atom. The summed E-state index contributed by atoms with van der Waals surface area (Å²) in [5.41, 5.74) is 1.02. The number of hydrogen-bond acceptors (Lipinski definition) is 3. The van der Waals surface area contributed by atoms with Gasteiger partial charge in [0.05, 0.1) is 10.5 Å². The van der Waals surface area contributed by atoms with Crippen molar-refractivity contribution in [2.24, 2.45) is 0 Å². The van der Waals surface area contributed by atoms with E-state index in [1.54, 1.807) is 4.31 Å². The van der Waals surface area contributed by atoms with Gasteiger partial charge in [0.25, 0.3) is 0 Å². The molecule has 6 heteroatoms. The van der Waals surface area contributed by atoms with Crippen LogP contribution >= 0.6 is 0 Å². The van der Waals surface area contributed by atoms with Gasteiger partial charge in [-0.05, 0) is 42.7 Å². The first kappa shape index (κ1) is 17.6. The van der Waals surface area contributed by atoms with Gasteiger partial charge in [-0.15, -0.1) is 0 Å². The van der Waals surface area contributed by atoms with Crippen molar-refractivity contribution in [1.29, 1.82) is 0 Å². The molecule has 0 radical (unpaired) electrons. The lowest BCUT2D eigenvalue weighted by Crippen LogP contribution is -2.38. The Morgan fingerprint density at radius 3 is 2.16 bits per heavy atom. The Hall–Kier alpha value is -2.18. The topological polar surface area (TPSA) is 74.7 Å². The van der Waals surface area contributed by atoms with Crippen LogP contribution in [0, 0.1) is 0 Å². The third-order valence-electron chi connectivity index (χ3n) is 4.62. The van der Waals surface area contributed by atoms with Gasteiger partial charge in [0.1, 0.15) is 0 Å². The summed E-state index contributed by atoms with van der Waals surface area (Å²) in [6, 6.07) is 15.0. The molecule has 0 saturated heterocycles. The van der Waals surface area contributed by atoms with Gasteiger partial charge in [-0.1, -0.05) is 43.2 Å². The summed E-state index contributed by atoms with van der Waals surface area (Å²) < 4.78 is 27.9. The molecule has 1 fully saturated rings. The van der Waals surface area contributed by atoms with Gasteiger partial charge in [-0.2, -0.15) is 4.31 Å². The highest BCUT2D eigenvalue weighted by molar-refractivity contribution is 7.89. The molecule has 2 aromatic carbocycles. The molecule has 1 aliphatic carbocycles. The summed E-state index contributed by atoms with van der Waals surface area (Å²) in [5, 5.41) is 9.00. The Balaban J connectivity index is 1.94. The second-order valence-corrected chi connectivity index (χ2v) is 8.19. The minimum absolute atomic E-state index is 0.00986. The molecule has 0 spiro atoms. The van der Waals surface area contributed by atoms with Crippen molar-refractivity contribution in [2.45, 2.75) is 43.2 Å².